The van der Waals surface area contributed by atoms with E-state index in [1.54, 1.807) is 6.92 Å². The molecule has 0 spiro atoms. The van der Waals surface area contributed by atoms with Crippen molar-refractivity contribution in [1.29, 1.82) is 0 Å². The van der Waals surface area contributed by atoms with Gasteiger partial charge in [-0.05, 0) is 19.3 Å². The van der Waals surface area contributed by atoms with Gasteiger partial charge in [0, 0.05) is 12.8 Å². The Morgan fingerprint density at radius 3 is 2.48 bits per heavy atom. The number of rotatable bonds is 6. The quantitative estimate of drug-likeness (QED) is 0.594. The highest BCUT2D eigenvalue weighted by Gasteiger charge is 2.30. The molecule has 0 aliphatic heterocycles. The molecule has 1 heterocycles. The lowest BCUT2D eigenvalue weighted by atomic mass is 9.88. The average Bonchev–Trinajstić information content (AvgIpc) is 2.43. The normalized spacial score (nSPS) is 13.0. The lowest BCUT2D eigenvalue weighted by Crippen LogP contribution is -2.24. The SMILES string of the molecule is CCOC(=O)c1cnc(C(OCC)C(C)(C)C)nc1CCl. The largest absolute Gasteiger partial charge is 0.462 e. The summed E-state index contributed by atoms with van der Waals surface area (Å²) in [5, 5.41) is 0. The molecule has 0 fully saturated rings. The minimum atomic E-state index is -0.455. The number of hydrogen-bond acceptors (Lipinski definition) is 5. The third kappa shape index (κ3) is 4.64. The van der Waals surface area contributed by atoms with Gasteiger partial charge in [-0.3, -0.25) is 0 Å². The molecule has 0 saturated carbocycles. The van der Waals surface area contributed by atoms with Gasteiger partial charge < -0.3 is 9.47 Å². The van der Waals surface area contributed by atoms with E-state index in [0.717, 1.165) is 0 Å². The number of halogens is 1. The van der Waals surface area contributed by atoms with E-state index in [2.05, 4.69) is 30.7 Å². The van der Waals surface area contributed by atoms with Gasteiger partial charge in [-0.25, -0.2) is 14.8 Å². The molecular weight excluding hydrogens is 292 g/mol. The predicted molar refractivity (Wildman–Crippen MR) is 81.4 cm³/mol. The van der Waals surface area contributed by atoms with Crippen LogP contribution >= 0.6 is 11.6 Å². The molecule has 0 N–H and O–H groups in total. The van der Waals surface area contributed by atoms with Gasteiger partial charge in [0.05, 0.1) is 18.2 Å². The highest BCUT2D eigenvalue weighted by atomic mass is 35.5. The van der Waals surface area contributed by atoms with Crippen molar-refractivity contribution in [3.05, 3.63) is 23.3 Å². The average molecular weight is 315 g/mol. The number of esters is 1. The molecule has 0 bridgehead atoms. The Balaban J connectivity index is 3.18. The fourth-order valence-corrected chi connectivity index (χ4v) is 2.12. The van der Waals surface area contributed by atoms with Gasteiger partial charge in [-0.2, -0.15) is 0 Å². The maximum absolute atomic E-state index is 11.8. The van der Waals surface area contributed by atoms with Crippen molar-refractivity contribution in [3.63, 3.8) is 0 Å². The van der Waals surface area contributed by atoms with E-state index in [1.165, 1.54) is 6.20 Å². The molecule has 1 aromatic heterocycles. The summed E-state index contributed by atoms with van der Waals surface area (Å²) >= 11 is 5.91. The smallest absolute Gasteiger partial charge is 0.341 e. The second-order valence-corrected chi connectivity index (χ2v) is 5.91. The molecule has 0 saturated heterocycles. The zero-order chi connectivity index (χ0) is 16.0. The van der Waals surface area contributed by atoms with Crippen molar-refractivity contribution in [2.24, 2.45) is 5.41 Å². The minimum absolute atomic E-state index is 0.118. The van der Waals surface area contributed by atoms with Gasteiger partial charge in [-0.1, -0.05) is 20.8 Å². The van der Waals surface area contributed by atoms with Gasteiger partial charge in [0.25, 0.3) is 0 Å². The molecule has 0 amide bonds. The van der Waals surface area contributed by atoms with Crippen molar-refractivity contribution >= 4 is 17.6 Å². The van der Waals surface area contributed by atoms with E-state index in [0.29, 0.717) is 30.3 Å². The molecule has 0 aliphatic carbocycles. The van der Waals surface area contributed by atoms with Crippen molar-refractivity contribution in [1.82, 2.24) is 9.97 Å². The Bertz CT molecular complexity index is 486. The van der Waals surface area contributed by atoms with Crippen LogP contribution in [-0.2, 0) is 15.4 Å². The summed E-state index contributed by atoms with van der Waals surface area (Å²) in [5.74, 6) is 0.198. The Morgan fingerprint density at radius 1 is 1.33 bits per heavy atom. The third-order valence-electron chi connectivity index (χ3n) is 2.86. The van der Waals surface area contributed by atoms with Gasteiger partial charge >= 0.3 is 5.97 Å². The molecular formula is C15H23ClN2O3. The fraction of sp³-hybridized carbons (Fsp3) is 0.667. The van der Waals surface area contributed by atoms with Gasteiger partial charge in [0.15, 0.2) is 5.82 Å². The maximum atomic E-state index is 11.8. The predicted octanol–water partition coefficient (Wildman–Crippen LogP) is 3.52. The Morgan fingerprint density at radius 2 is 2.00 bits per heavy atom. The molecule has 1 rings (SSSR count). The molecule has 6 heteroatoms. The van der Waals surface area contributed by atoms with Gasteiger partial charge in [0.1, 0.15) is 11.7 Å². The van der Waals surface area contributed by atoms with Gasteiger partial charge in [-0.15, -0.1) is 11.6 Å². The summed E-state index contributed by atoms with van der Waals surface area (Å²) < 4.78 is 10.7. The van der Waals surface area contributed by atoms with E-state index in [-0.39, 0.29) is 17.4 Å². The highest BCUT2D eigenvalue weighted by Crippen LogP contribution is 2.34. The lowest BCUT2D eigenvalue weighted by molar-refractivity contribution is -0.0192. The standard InChI is InChI=1S/C15H23ClN2O3/c1-6-20-12(15(3,4)5)13-17-9-10(11(8-16)18-13)14(19)21-7-2/h9,12H,6-8H2,1-5H3. The van der Waals surface area contributed by atoms with Crippen LogP contribution in [0, 0.1) is 5.41 Å². The molecule has 1 unspecified atom stereocenters. The van der Waals surface area contributed by atoms with Crippen molar-refractivity contribution in [3.8, 4) is 0 Å². The minimum Gasteiger partial charge on any atom is -0.462 e. The van der Waals surface area contributed by atoms with Crippen molar-refractivity contribution in [2.75, 3.05) is 13.2 Å². The monoisotopic (exact) mass is 314 g/mol. The summed E-state index contributed by atoms with van der Waals surface area (Å²) in [4.78, 5) is 20.5. The lowest BCUT2D eigenvalue weighted by Gasteiger charge is -2.29. The number of nitrogens with zero attached hydrogens (tertiary/aromatic N) is 2. The number of carbonyl (C=O) groups is 1. The molecule has 0 radical (unpaired) electrons. The summed E-state index contributed by atoms with van der Waals surface area (Å²) in [5.41, 5.74) is 0.610. The van der Waals surface area contributed by atoms with E-state index >= 15 is 0 Å². The van der Waals surface area contributed by atoms with Crippen molar-refractivity contribution < 1.29 is 14.3 Å². The second kappa shape index (κ2) is 7.71. The number of aromatic nitrogens is 2. The summed E-state index contributed by atoms with van der Waals surface area (Å²) in [6.07, 6.45) is 1.20. The van der Waals surface area contributed by atoms with Crippen molar-refractivity contribution in [2.45, 2.75) is 46.6 Å². The first-order valence-corrected chi connectivity index (χ1v) is 7.59. The van der Waals surface area contributed by atoms with Crippen LogP contribution in [0.4, 0.5) is 0 Å². The number of carbonyl (C=O) groups excluding carboxylic acids is 1. The van der Waals surface area contributed by atoms with E-state index in [9.17, 15) is 4.79 Å². The highest BCUT2D eigenvalue weighted by molar-refractivity contribution is 6.17. The number of alkyl halides is 1. The molecule has 0 aromatic carbocycles. The first kappa shape index (κ1) is 17.9. The molecule has 1 aromatic rings. The van der Waals surface area contributed by atoms with E-state index in [4.69, 9.17) is 21.1 Å². The summed E-state index contributed by atoms with van der Waals surface area (Å²) in [6.45, 7) is 10.7. The molecule has 0 aliphatic rings. The Kier molecular flexibility index (Phi) is 6.55. The van der Waals surface area contributed by atoms with E-state index < -0.39 is 5.97 Å². The maximum Gasteiger partial charge on any atom is 0.341 e. The number of hydrogen-bond donors (Lipinski definition) is 0. The van der Waals surface area contributed by atoms with Crippen LogP contribution in [0.3, 0.4) is 0 Å². The fourth-order valence-electron chi connectivity index (χ4n) is 1.92. The Labute approximate surface area is 131 Å². The van der Waals surface area contributed by atoms with Crippen LogP contribution in [0.15, 0.2) is 6.20 Å². The van der Waals surface area contributed by atoms with Gasteiger partial charge in [0.2, 0.25) is 0 Å². The number of ether oxygens (including phenoxy) is 2. The third-order valence-corrected chi connectivity index (χ3v) is 3.12. The topological polar surface area (TPSA) is 61.3 Å². The molecule has 118 valence electrons. The summed E-state index contributed by atoms with van der Waals surface area (Å²) in [7, 11) is 0. The zero-order valence-corrected chi connectivity index (χ0v) is 14.0. The van der Waals surface area contributed by atoms with Crippen LogP contribution in [0.1, 0.15) is 62.6 Å². The van der Waals surface area contributed by atoms with Crippen LogP contribution in [0.25, 0.3) is 0 Å². The molecule has 1 atom stereocenters. The first-order chi connectivity index (χ1) is 9.85. The van der Waals surface area contributed by atoms with E-state index in [1.807, 2.05) is 6.92 Å². The first-order valence-electron chi connectivity index (χ1n) is 7.05. The molecule has 21 heavy (non-hydrogen) atoms. The second-order valence-electron chi connectivity index (χ2n) is 5.64. The zero-order valence-electron chi connectivity index (χ0n) is 13.3. The van der Waals surface area contributed by atoms with Crippen LogP contribution < -0.4 is 0 Å². The Hall–Kier alpha value is -1.20. The van der Waals surface area contributed by atoms with Crippen LogP contribution in [-0.4, -0.2) is 29.2 Å². The molecule has 5 nitrogen and oxygen atoms in total. The van der Waals surface area contributed by atoms with Crippen LogP contribution in [0.2, 0.25) is 0 Å². The summed E-state index contributed by atoms with van der Waals surface area (Å²) in [6, 6.07) is 0. The van der Waals surface area contributed by atoms with Crippen LogP contribution in [0.5, 0.6) is 0 Å².